The predicted octanol–water partition coefficient (Wildman–Crippen LogP) is 3.08. The van der Waals surface area contributed by atoms with Gasteiger partial charge in [-0.15, -0.1) is 11.3 Å². The van der Waals surface area contributed by atoms with Crippen LogP contribution in [-0.4, -0.2) is 102 Å². The summed E-state index contributed by atoms with van der Waals surface area (Å²) in [5, 5.41) is 16.1. The molecule has 0 bridgehead atoms. The fourth-order valence-corrected chi connectivity index (χ4v) is 9.13. The van der Waals surface area contributed by atoms with Crippen LogP contribution in [0.3, 0.4) is 0 Å². The summed E-state index contributed by atoms with van der Waals surface area (Å²) >= 11 is 1.24. The first-order valence-corrected chi connectivity index (χ1v) is 21.2. The zero-order valence-electron chi connectivity index (χ0n) is 30.4. The Morgan fingerprint density at radius 3 is 2.65 bits per heavy atom. The van der Waals surface area contributed by atoms with Gasteiger partial charge in [0.2, 0.25) is 21.8 Å². The Hall–Kier alpha value is -4.55. The monoisotopic (exact) mass is 800 g/mol. The van der Waals surface area contributed by atoms with Gasteiger partial charge in [-0.1, -0.05) is 37.1 Å². The number of carboxylic acid groups (broad SMARTS) is 1. The second-order valence-electron chi connectivity index (χ2n) is 14.6. The summed E-state index contributed by atoms with van der Waals surface area (Å²) in [6, 6.07) is 4.76. The number of nitrogens with zero attached hydrogens (tertiary/aromatic N) is 2. The molecule has 1 aromatic carbocycles. The molecule has 18 heteroatoms. The van der Waals surface area contributed by atoms with Gasteiger partial charge in [0.15, 0.2) is 5.69 Å². The SMILES string of the molecule is N[C@@H]1C[C@H]2C(=O)N[C@]3(C(=O)NS(=O)(=O)C4CC4)C[C@H]3C=CCCCCC[C@H](NC(=O)OCCCCCOc3cccc(-c4nc(C(=O)O)cs4)c3)C(=O)N2C1. The van der Waals surface area contributed by atoms with Crippen LogP contribution < -0.4 is 25.8 Å². The molecule has 3 heterocycles. The minimum Gasteiger partial charge on any atom is -0.494 e. The van der Waals surface area contributed by atoms with Crippen LogP contribution in [0.25, 0.3) is 10.6 Å². The van der Waals surface area contributed by atoms with Crippen LogP contribution in [0.4, 0.5) is 4.79 Å². The average Bonchev–Trinajstić information content (AvgIpc) is 4.03. The first kappa shape index (κ1) is 40.1. The summed E-state index contributed by atoms with van der Waals surface area (Å²) in [7, 11) is -3.85. The molecule has 0 radical (unpaired) electrons. The number of carboxylic acids is 1. The number of carbonyl (C=O) groups excluding carboxylic acids is 4. The molecule has 0 spiro atoms. The number of hydrogen-bond acceptors (Lipinski definition) is 12. The Labute approximate surface area is 323 Å². The minimum atomic E-state index is -3.85. The Morgan fingerprint density at radius 1 is 1.09 bits per heavy atom. The largest absolute Gasteiger partial charge is 0.494 e. The lowest BCUT2D eigenvalue weighted by Crippen LogP contribution is -2.58. The molecule has 1 aromatic heterocycles. The molecule has 1 saturated heterocycles. The molecule has 4 aliphatic rings. The number of nitrogens with one attached hydrogen (secondary N) is 3. The number of hydrogen-bond donors (Lipinski definition) is 5. The van der Waals surface area contributed by atoms with Crippen molar-refractivity contribution in [3.05, 3.63) is 47.5 Å². The predicted molar refractivity (Wildman–Crippen MR) is 202 cm³/mol. The van der Waals surface area contributed by atoms with E-state index in [9.17, 15) is 32.4 Å². The molecule has 298 valence electrons. The van der Waals surface area contributed by atoms with Gasteiger partial charge < -0.3 is 35.8 Å². The normalized spacial score (nSPS) is 25.7. The molecule has 3 fully saturated rings. The number of carbonyl (C=O) groups is 5. The number of ether oxygens (including phenoxy) is 2. The van der Waals surface area contributed by atoms with E-state index >= 15 is 0 Å². The molecule has 5 atom stereocenters. The number of amides is 4. The third-order valence-electron chi connectivity index (χ3n) is 10.3. The third-order valence-corrected chi connectivity index (χ3v) is 13.0. The number of fused-ring (bicyclic) bond motifs is 2. The fraction of sp³-hybridized carbons (Fsp3) is 0.568. The summed E-state index contributed by atoms with van der Waals surface area (Å²) in [4.78, 5) is 70.7. The molecule has 2 aliphatic carbocycles. The van der Waals surface area contributed by atoms with E-state index in [-0.39, 0.29) is 31.7 Å². The first-order valence-electron chi connectivity index (χ1n) is 18.8. The lowest BCUT2D eigenvalue weighted by atomic mass is 10.0. The number of nitrogens with two attached hydrogens (primary N) is 1. The molecular formula is C37H48N6O10S2. The second-order valence-corrected chi connectivity index (χ2v) is 17.4. The minimum absolute atomic E-state index is 0.00646. The molecule has 6 N–H and O–H groups in total. The highest BCUT2D eigenvalue weighted by atomic mass is 32.2. The van der Waals surface area contributed by atoms with E-state index in [0.29, 0.717) is 68.7 Å². The van der Waals surface area contributed by atoms with Gasteiger partial charge in [-0.05, 0) is 76.3 Å². The topological polar surface area (TPSA) is 236 Å². The van der Waals surface area contributed by atoms with Crippen molar-refractivity contribution in [1.82, 2.24) is 25.2 Å². The van der Waals surface area contributed by atoms with E-state index in [1.165, 1.54) is 21.6 Å². The van der Waals surface area contributed by atoms with Crippen molar-refractivity contribution in [3.63, 3.8) is 0 Å². The molecule has 0 unspecified atom stereocenters. The van der Waals surface area contributed by atoms with Crippen LogP contribution >= 0.6 is 11.3 Å². The van der Waals surface area contributed by atoms with Gasteiger partial charge >= 0.3 is 12.1 Å². The van der Waals surface area contributed by atoms with Gasteiger partial charge in [0.25, 0.3) is 5.91 Å². The van der Waals surface area contributed by atoms with E-state index in [1.54, 1.807) is 12.1 Å². The quantitative estimate of drug-likeness (QED) is 0.145. The van der Waals surface area contributed by atoms with Crippen molar-refractivity contribution in [1.29, 1.82) is 0 Å². The molecular weight excluding hydrogens is 753 g/mol. The number of unbranched alkanes of at least 4 members (excludes halogenated alkanes) is 2. The fourth-order valence-electron chi connectivity index (χ4n) is 6.98. The maximum absolute atomic E-state index is 14.0. The number of aromatic carboxylic acids is 1. The Balaban J connectivity index is 0.992. The highest BCUT2D eigenvalue weighted by Gasteiger charge is 2.62. The number of sulfonamides is 1. The standard InChI is InChI=1S/C37H48N6O10S2/c38-25-19-30-31(44)41-37(35(48)42-55(50,51)27-14-15-27)20-24(37)11-5-2-1-3-6-13-28(33(45)43(30)21-25)40-36(49)53-17-8-4-7-16-52-26-12-9-10-23(18-26)32-39-29(22-54-32)34(46)47/h5,9-12,18,22,24-25,27-28,30H,1-4,6-8,13-17,19-21,38H2,(H,40,49)(H,41,44)(H,42,48)(H,46,47)/t24-,25-,28+,30+,37-/m1/s1. The van der Waals surface area contributed by atoms with Crippen molar-refractivity contribution < 1.29 is 47.0 Å². The van der Waals surface area contributed by atoms with Crippen molar-refractivity contribution in [2.45, 2.75) is 106 Å². The average molecular weight is 801 g/mol. The van der Waals surface area contributed by atoms with Crippen LogP contribution in [0.1, 0.15) is 87.5 Å². The summed E-state index contributed by atoms with van der Waals surface area (Å²) in [6.07, 6.45) is 9.53. The lowest BCUT2D eigenvalue weighted by Gasteiger charge is -2.30. The van der Waals surface area contributed by atoms with Crippen LogP contribution in [0.2, 0.25) is 0 Å². The summed E-state index contributed by atoms with van der Waals surface area (Å²) in [5.74, 6) is -2.70. The van der Waals surface area contributed by atoms with Crippen LogP contribution in [0.5, 0.6) is 5.75 Å². The van der Waals surface area contributed by atoms with E-state index in [0.717, 1.165) is 18.4 Å². The highest BCUT2D eigenvalue weighted by molar-refractivity contribution is 7.91. The highest BCUT2D eigenvalue weighted by Crippen LogP contribution is 2.46. The maximum atomic E-state index is 14.0. The van der Waals surface area contributed by atoms with E-state index < -0.39 is 74.6 Å². The molecule has 2 saturated carbocycles. The smallest absolute Gasteiger partial charge is 0.407 e. The van der Waals surface area contributed by atoms with Crippen molar-refractivity contribution in [2.24, 2.45) is 11.7 Å². The Bertz CT molecular complexity index is 1900. The molecule has 2 aromatic rings. The third kappa shape index (κ3) is 10.2. The van der Waals surface area contributed by atoms with E-state index in [4.69, 9.17) is 20.3 Å². The van der Waals surface area contributed by atoms with E-state index in [1.807, 2.05) is 24.3 Å². The number of allylic oxidation sites excluding steroid dienone is 1. The van der Waals surface area contributed by atoms with Gasteiger partial charge in [0.1, 0.15) is 28.4 Å². The summed E-state index contributed by atoms with van der Waals surface area (Å²) in [6.45, 7) is 0.608. The van der Waals surface area contributed by atoms with Crippen LogP contribution in [0.15, 0.2) is 41.8 Å². The van der Waals surface area contributed by atoms with E-state index in [2.05, 4.69) is 20.3 Å². The number of thiazole rings is 1. The molecule has 4 amide bonds. The van der Waals surface area contributed by atoms with Gasteiger partial charge in [-0.2, -0.15) is 0 Å². The van der Waals surface area contributed by atoms with Gasteiger partial charge in [0.05, 0.1) is 18.5 Å². The zero-order valence-corrected chi connectivity index (χ0v) is 32.1. The Kier molecular flexibility index (Phi) is 12.8. The lowest BCUT2D eigenvalue weighted by molar-refractivity contribution is -0.141. The van der Waals surface area contributed by atoms with Gasteiger partial charge in [0, 0.05) is 29.4 Å². The van der Waals surface area contributed by atoms with Crippen molar-refractivity contribution in [2.75, 3.05) is 19.8 Å². The number of alkyl carbamates (subject to hydrolysis) is 1. The van der Waals surface area contributed by atoms with Gasteiger partial charge in [-0.25, -0.2) is 23.0 Å². The molecule has 55 heavy (non-hydrogen) atoms. The number of aromatic nitrogens is 1. The summed E-state index contributed by atoms with van der Waals surface area (Å²) < 4.78 is 38.7. The van der Waals surface area contributed by atoms with Crippen LogP contribution in [-0.2, 0) is 29.1 Å². The zero-order chi connectivity index (χ0) is 39.2. The second kappa shape index (κ2) is 17.5. The van der Waals surface area contributed by atoms with Gasteiger partial charge in [-0.3, -0.25) is 19.1 Å². The maximum Gasteiger partial charge on any atom is 0.407 e. The molecule has 6 rings (SSSR count). The van der Waals surface area contributed by atoms with Crippen molar-refractivity contribution in [3.8, 4) is 16.3 Å². The first-order chi connectivity index (χ1) is 26.4. The number of rotatable bonds is 13. The van der Waals surface area contributed by atoms with Crippen molar-refractivity contribution >= 4 is 51.1 Å². The molecule has 16 nitrogen and oxygen atoms in total. The molecule has 2 aliphatic heterocycles. The summed E-state index contributed by atoms with van der Waals surface area (Å²) in [5.41, 5.74) is 5.54. The number of benzene rings is 1. The Morgan fingerprint density at radius 2 is 1.89 bits per heavy atom. The van der Waals surface area contributed by atoms with Crippen LogP contribution in [0, 0.1) is 5.92 Å².